The number of furan rings is 1. The molecule has 60 valence electrons. The third-order valence-corrected chi connectivity index (χ3v) is 1.64. The van der Waals surface area contributed by atoms with Gasteiger partial charge in [-0.3, -0.25) is 0 Å². The zero-order chi connectivity index (χ0) is 8.39. The Bertz CT molecular complexity index is 351. The van der Waals surface area contributed by atoms with Crippen LogP contribution in [0.25, 0.3) is 11.1 Å². The van der Waals surface area contributed by atoms with Crippen LogP contribution in [0.4, 0.5) is 5.82 Å². The van der Waals surface area contributed by atoms with E-state index in [9.17, 15) is 0 Å². The fourth-order valence-electron chi connectivity index (χ4n) is 1.00. The fraction of sp³-hybridized carbons (Fsp3) is 0. The second kappa shape index (κ2) is 2.70. The molecule has 0 aliphatic rings. The minimum Gasteiger partial charge on any atom is -0.472 e. The zero-order valence-electron chi connectivity index (χ0n) is 6.40. The zero-order valence-corrected chi connectivity index (χ0v) is 6.40. The van der Waals surface area contributed by atoms with Crippen LogP contribution in [0, 0.1) is 0 Å². The highest BCUT2D eigenvalue weighted by Crippen LogP contribution is 2.18. The van der Waals surface area contributed by atoms with Gasteiger partial charge in [-0.1, -0.05) is 0 Å². The topological polar surface area (TPSA) is 52.0 Å². The van der Waals surface area contributed by atoms with Crippen LogP contribution in [0.3, 0.4) is 0 Å². The molecule has 0 aromatic carbocycles. The first-order valence-corrected chi connectivity index (χ1v) is 3.60. The molecular formula is C9H8N2O. The van der Waals surface area contributed by atoms with E-state index in [1.54, 1.807) is 24.8 Å². The van der Waals surface area contributed by atoms with Crippen LogP contribution in [0.1, 0.15) is 0 Å². The molecule has 3 heteroatoms. The largest absolute Gasteiger partial charge is 0.472 e. The second-order valence-electron chi connectivity index (χ2n) is 2.48. The lowest BCUT2D eigenvalue weighted by Crippen LogP contribution is -1.87. The fourth-order valence-corrected chi connectivity index (χ4v) is 1.00. The van der Waals surface area contributed by atoms with Crippen molar-refractivity contribution in [3.8, 4) is 11.1 Å². The lowest BCUT2D eigenvalue weighted by molar-refractivity contribution is 0.568. The Kier molecular flexibility index (Phi) is 1.55. The van der Waals surface area contributed by atoms with E-state index in [4.69, 9.17) is 10.2 Å². The molecule has 0 unspecified atom stereocenters. The molecule has 0 saturated heterocycles. The van der Waals surface area contributed by atoms with Crippen molar-refractivity contribution in [2.45, 2.75) is 0 Å². The number of rotatable bonds is 1. The summed E-state index contributed by atoms with van der Waals surface area (Å²) < 4.78 is 4.94. The molecule has 0 spiro atoms. The molecule has 2 N–H and O–H groups in total. The van der Waals surface area contributed by atoms with E-state index < -0.39 is 0 Å². The van der Waals surface area contributed by atoms with E-state index in [-0.39, 0.29) is 0 Å². The molecule has 2 aromatic heterocycles. The van der Waals surface area contributed by atoms with Crippen molar-refractivity contribution < 1.29 is 4.42 Å². The molecule has 0 atom stereocenters. The summed E-state index contributed by atoms with van der Waals surface area (Å²) >= 11 is 0. The van der Waals surface area contributed by atoms with Gasteiger partial charge in [0.05, 0.1) is 12.5 Å². The van der Waals surface area contributed by atoms with Crippen molar-refractivity contribution in [2.24, 2.45) is 0 Å². The summed E-state index contributed by atoms with van der Waals surface area (Å²) in [5.41, 5.74) is 7.47. The Balaban J connectivity index is 2.43. The summed E-state index contributed by atoms with van der Waals surface area (Å²) in [4.78, 5) is 3.97. The van der Waals surface area contributed by atoms with E-state index in [1.165, 1.54) is 0 Å². The van der Waals surface area contributed by atoms with E-state index in [1.807, 2.05) is 12.1 Å². The highest BCUT2D eigenvalue weighted by atomic mass is 16.3. The number of aromatic nitrogens is 1. The highest BCUT2D eigenvalue weighted by molar-refractivity contribution is 5.61. The molecule has 0 aliphatic carbocycles. The maximum atomic E-state index is 5.45. The minimum absolute atomic E-state index is 0.530. The lowest BCUT2D eigenvalue weighted by atomic mass is 10.1. The standard InChI is InChI=1S/C9H8N2O/c10-9-2-1-7(5-11-9)8-3-4-12-6-8/h1-6H,(H2,10,11). The summed E-state index contributed by atoms with van der Waals surface area (Å²) in [5, 5.41) is 0. The first kappa shape index (κ1) is 6.91. The van der Waals surface area contributed by atoms with Crippen molar-refractivity contribution in [3.05, 3.63) is 36.9 Å². The van der Waals surface area contributed by atoms with Crippen LogP contribution in [-0.2, 0) is 0 Å². The van der Waals surface area contributed by atoms with Gasteiger partial charge in [0.1, 0.15) is 5.82 Å². The Hall–Kier alpha value is -1.77. The van der Waals surface area contributed by atoms with E-state index in [0.29, 0.717) is 5.82 Å². The van der Waals surface area contributed by atoms with Gasteiger partial charge >= 0.3 is 0 Å². The van der Waals surface area contributed by atoms with Gasteiger partial charge in [0.15, 0.2) is 0 Å². The van der Waals surface area contributed by atoms with Crippen LogP contribution >= 0.6 is 0 Å². The van der Waals surface area contributed by atoms with Crippen molar-refractivity contribution in [3.63, 3.8) is 0 Å². The van der Waals surface area contributed by atoms with E-state index in [2.05, 4.69) is 4.98 Å². The van der Waals surface area contributed by atoms with Gasteiger partial charge in [-0.05, 0) is 18.2 Å². The summed E-state index contributed by atoms with van der Waals surface area (Å²) in [6.07, 6.45) is 5.03. The molecule has 2 aromatic rings. The second-order valence-corrected chi connectivity index (χ2v) is 2.48. The number of pyridine rings is 1. The van der Waals surface area contributed by atoms with Gasteiger partial charge in [-0.2, -0.15) is 0 Å². The van der Waals surface area contributed by atoms with E-state index in [0.717, 1.165) is 11.1 Å². The Morgan fingerprint density at radius 1 is 1.17 bits per heavy atom. The van der Waals surface area contributed by atoms with Crippen LogP contribution in [-0.4, -0.2) is 4.98 Å². The number of hydrogen-bond donors (Lipinski definition) is 1. The first-order chi connectivity index (χ1) is 5.86. The molecule has 0 amide bonds. The third-order valence-electron chi connectivity index (χ3n) is 1.64. The third kappa shape index (κ3) is 1.16. The molecule has 0 radical (unpaired) electrons. The van der Waals surface area contributed by atoms with Crippen molar-refractivity contribution >= 4 is 5.82 Å². The summed E-state index contributed by atoms with van der Waals surface area (Å²) in [5.74, 6) is 0.530. The predicted octanol–water partition coefficient (Wildman–Crippen LogP) is 1.92. The molecule has 2 heterocycles. The minimum atomic E-state index is 0.530. The summed E-state index contributed by atoms with van der Waals surface area (Å²) in [7, 11) is 0. The Morgan fingerprint density at radius 2 is 2.08 bits per heavy atom. The van der Waals surface area contributed by atoms with E-state index >= 15 is 0 Å². The molecule has 0 fully saturated rings. The molecule has 0 aliphatic heterocycles. The number of nitrogens with zero attached hydrogens (tertiary/aromatic N) is 1. The maximum absolute atomic E-state index is 5.45. The van der Waals surface area contributed by atoms with Crippen molar-refractivity contribution in [2.75, 3.05) is 5.73 Å². The average molecular weight is 160 g/mol. The number of nitrogens with two attached hydrogens (primary N) is 1. The SMILES string of the molecule is Nc1ccc(-c2ccoc2)cn1. The van der Waals surface area contributed by atoms with Gasteiger partial charge in [0.2, 0.25) is 0 Å². The van der Waals surface area contributed by atoms with Crippen LogP contribution in [0.2, 0.25) is 0 Å². The summed E-state index contributed by atoms with van der Waals surface area (Å²) in [6.45, 7) is 0. The van der Waals surface area contributed by atoms with Gasteiger partial charge in [0.25, 0.3) is 0 Å². The molecule has 2 rings (SSSR count). The predicted molar refractivity (Wildman–Crippen MR) is 46.4 cm³/mol. The first-order valence-electron chi connectivity index (χ1n) is 3.60. The highest BCUT2D eigenvalue weighted by Gasteiger charge is 1.97. The van der Waals surface area contributed by atoms with Crippen molar-refractivity contribution in [1.29, 1.82) is 0 Å². The monoisotopic (exact) mass is 160 g/mol. The molecular weight excluding hydrogens is 152 g/mol. The number of hydrogen-bond acceptors (Lipinski definition) is 3. The Labute approximate surface area is 69.8 Å². The van der Waals surface area contributed by atoms with Crippen LogP contribution < -0.4 is 5.73 Å². The van der Waals surface area contributed by atoms with Gasteiger partial charge in [-0.25, -0.2) is 4.98 Å². The quantitative estimate of drug-likeness (QED) is 0.693. The maximum Gasteiger partial charge on any atom is 0.123 e. The number of anilines is 1. The van der Waals surface area contributed by atoms with Gasteiger partial charge < -0.3 is 10.2 Å². The lowest BCUT2D eigenvalue weighted by Gasteiger charge is -1.95. The van der Waals surface area contributed by atoms with Crippen LogP contribution in [0.5, 0.6) is 0 Å². The molecule has 0 bridgehead atoms. The van der Waals surface area contributed by atoms with Crippen molar-refractivity contribution in [1.82, 2.24) is 4.98 Å². The van der Waals surface area contributed by atoms with Crippen LogP contribution in [0.15, 0.2) is 41.3 Å². The molecule has 12 heavy (non-hydrogen) atoms. The van der Waals surface area contributed by atoms with Gasteiger partial charge in [0, 0.05) is 17.3 Å². The Morgan fingerprint density at radius 3 is 2.67 bits per heavy atom. The normalized spacial score (nSPS) is 10.0. The smallest absolute Gasteiger partial charge is 0.123 e. The number of nitrogen functional groups attached to an aromatic ring is 1. The van der Waals surface area contributed by atoms with Gasteiger partial charge in [-0.15, -0.1) is 0 Å². The molecule has 0 saturated carbocycles. The average Bonchev–Trinajstić information content (AvgIpc) is 2.58. The summed E-state index contributed by atoms with van der Waals surface area (Å²) in [6, 6.07) is 5.56. The molecule has 3 nitrogen and oxygen atoms in total.